The Balaban J connectivity index is 1.84. The van der Waals surface area contributed by atoms with E-state index < -0.39 is 5.41 Å². The number of nitrogens with zero attached hydrogens (tertiary/aromatic N) is 1. The van der Waals surface area contributed by atoms with Crippen LogP contribution in [-0.4, -0.2) is 25.7 Å². The Morgan fingerprint density at radius 2 is 1.93 bits per heavy atom. The lowest BCUT2D eigenvalue weighted by Gasteiger charge is -2.36. The molecule has 1 fully saturated rings. The summed E-state index contributed by atoms with van der Waals surface area (Å²) in [6, 6.07) is 13.2. The number of anilines is 1. The van der Waals surface area contributed by atoms with E-state index in [2.05, 4.69) is 11.4 Å². The van der Waals surface area contributed by atoms with Gasteiger partial charge in [-0.1, -0.05) is 26.0 Å². The van der Waals surface area contributed by atoms with Crippen molar-refractivity contribution >= 4 is 11.6 Å². The quantitative estimate of drug-likeness (QED) is 0.785. The molecule has 0 aliphatic carbocycles. The van der Waals surface area contributed by atoms with Crippen LogP contribution in [0.25, 0.3) is 0 Å². The molecular weight excluding hydrogens is 371 g/mol. The van der Waals surface area contributed by atoms with Crippen molar-refractivity contribution < 1.29 is 18.7 Å². The minimum atomic E-state index is -0.800. The maximum atomic E-state index is 13.4. The zero-order valence-corrected chi connectivity index (χ0v) is 16.7. The molecule has 29 heavy (non-hydrogen) atoms. The summed E-state index contributed by atoms with van der Waals surface area (Å²) in [4.78, 5) is 13.3. The Labute approximate surface area is 170 Å². The average Bonchev–Trinajstić information content (AvgIpc) is 2.73. The van der Waals surface area contributed by atoms with E-state index in [-0.39, 0.29) is 11.7 Å². The van der Waals surface area contributed by atoms with E-state index in [4.69, 9.17) is 9.47 Å². The minimum Gasteiger partial charge on any atom is -0.492 e. The number of ether oxygens (including phenoxy) is 2. The highest BCUT2D eigenvalue weighted by Crippen LogP contribution is 2.36. The zero-order chi connectivity index (χ0) is 20.9. The summed E-state index contributed by atoms with van der Waals surface area (Å²) in [6.45, 7) is 5.48. The zero-order valence-electron chi connectivity index (χ0n) is 16.7. The summed E-state index contributed by atoms with van der Waals surface area (Å²) in [5, 5.41) is 12.4. The van der Waals surface area contributed by atoms with Crippen molar-refractivity contribution in [2.24, 2.45) is 5.92 Å². The lowest BCUT2D eigenvalue weighted by atomic mass is 9.73. The van der Waals surface area contributed by atoms with E-state index in [0.717, 1.165) is 5.56 Å². The van der Waals surface area contributed by atoms with Crippen molar-refractivity contribution in [3.05, 3.63) is 59.4 Å². The molecule has 0 saturated carbocycles. The number of hydrogen-bond acceptors (Lipinski definition) is 4. The number of carbonyl (C=O) groups excluding carboxylic acids is 1. The van der Waals surface area contributed by atoms with E-state index >= 15 is 0 Å². The number of rotatable bonds is 6. The van der Waals surface area contributed by atoms with Gasteiger partial charge in [-0.3, -0.25) is 4.79 Å². The highest BCUT2D eigenvalue weighted by atomic mass is 19.1. The SMILES string of the molecule is CC(C)COc1ccc(NC(=O)C2(c3ccc(F)cc3)CCOCC2)cc1C#N. The van der Waals surface area contributed by atoms with Crippen molar-refractivity contribution in [3.63, 3.8) is 0 Å². The molecule has 0 radical (unpaired) electrons. The smallest absolute Gasteiger partial charge is 0.235 e. The van der Waals surface area contributed by atoms with Crippen molar-refractivity contribution in [1.82, 2.24) is 0 Å². The van der Waals surface area contributed by atoms with Gasteiger partial charge >= 0.3 is 0 Å². The lowest BCUT2D eigenvalue weighted by molar-refractivity contribution is -0.125. The van der Waals surface area contributed by atoms with E-state index in [1.54, 1.807) is 30.3 Å². The van der Waals surface area contributed by atoms with Crippen molar-refractivity contribution in [2.45, 2.75) is 32.1 Å². The number of carbonyl (C=O) groups is 1. The molecule has 5 nitrogen and oxygen atoms in total. The van der Waals surface area contributed by atoms with Gasteiger partial charge in [-0.05, 0) is 54.7 Å². The fraction of sp³-hybridized carbons (Fsp3) is 0.391. The van der Waals surface area contributed by atoms with Crippen LogP contribution < -0.4 is 10.1 Å². The van der Waals surface area contributed by atoms with Gasteiger partial charge in [-0.15, -0.1) is 0 Å². The van der Waals surface area contributed by atoms with Gasteiger partial charge in [0.1, 0.15) is 17.6 Å². The monoisotopic (exact) mass is 396 g/mol. The first-order chi connectivity index (χ1) is 13.9. The number of amides is 1. The van der Waals surface area contributed by atoms with Crippen LogP contribution in [0.1, 0.15) is 37.8 Å². The first-order valence-electron chi connectivity index (χ1n) is 9.77. The van der Waals surface area contributed by atoms with Crippen LogP contribution in [0, 0.1) is 23.1 Å². The Morgan fingerprint density at radius 1 is 1.24 bits per heavy atom. The molecular formula is C23H25FN2O3. The van der Waals surface area contributed by atoms with E-state index in [9.17, 15) is 14.4 Å². The van der Waals surface area contributed by atoms with Gasteiger partial charge in [-0.2, -0.15) is 5.26 Å². The van der Waals surface area contributed by atoms with E-state index in [0.29, 0.717) is 55.6 Å². The van der Waals surface area contributed by atoms with Crippen LogP contribution in [0.15, 0.2) is 42.5 Å². The highest BCUT2D eigenvalue weighted by molar-refractivity contribution is 5.99. The predicted octanol–water partition coefficient (Wildman–Crippen LogP) is 4.42. The highest BCUT2D eigenvalue weighted by Gasteiger charge is 2.41. The number of benzene rings is 2. The summed E-state index contributed by atoms with van der Waals surface area (Å²) >= 11 is 0. The molecule has 1 aliphatic heterocycles. The van der Waals surface area contributed by atoms with Crippen LogP contribution in [0.3, 0.4) is 0 Å². The summed E-state index contributed by atoms with van der Waals surface area (Å²) < 4.78 is 24.5. The number of nitrogens with one attached hydrogen (secondary N) is 1. The first-order valence-corrected chi connectivity index (χ1v) is 9.77. The number of nitriles is 1. The van der Waals surface area contributed by atoms with Crippen molar-refractivity contribution in [1.29, 1.82) is 5.26 Å². The van der Waals surface area contributed by atoms with E-state index in [1.807, 2.05) is 13.8 Å². The van der Waals surface area contributed by atoms with Gasteiger partial charge in [0.25, 0.3) is 0 Å². The molecule has 0 unspecified atom stereocenters. The Hall–Kier alpha value is -2.91. The Kier molecular flexibility index (Phi) is 6.50. The molecule has 6 heteroatoms. The van der Waals surface area contributed by atoms with Gasteiger partial charge in [-0.25, -0.2) is 4.39 Å². The average molecular weight is 396 g/mol. The van der Waals surface area contributed by atoms with Crippen LogP contribution >= 0.6 is 0 Å². The summed E-state index contributed by atoms with van der Waals surface area (Å²) in [5.41, 5.74) is 0.853. The third kappa shape index (κ3) is 4.75. The fourth-order valence-corrected chi connectivity index (χ4v) is 3.46. The number of halogens is 1. The van der Waals surface area contributed by atoms with Crippen LogP contribution in [-0.2, 0) is 14.9 Å². The molecule has 0 atom stereocenters. The molecule has 2 aromatic rings. The largest absolute Gasteiger partial charge is 0.492 e. The second-order valence-corrected chi connectivity index (χ2v) is 7.68. The minimum absolute atomic E-state index is 0.188. The molecule has 0 bridgehead atoms. The molecule has 1 aliphatic rings. The number of hydrogen-bond donors (Lipinski definition) is 1. The molecule has 0 aromatic heterocycles. The van der Waals surface area contributed by atoms with Gasteiger partial charge in [0, 0.05) is 18.9 Å². The molecule has 2 aromatic carbocycles. The third-order valence-corrected chi connectivity index (χ3v) is 5.11. The van der Waals surface area contributed by atoms with Gasteiger partial charge in [0.05, 0.1) is 17.6 Å². The molecule has 1 heterocycles. The summed E-state index contributed by atoms with van der Waals surface area (Å²) in [6.07, 6.45) is 1.01. The Bertz CT molecular complexity index is 897. The summed E-state index contributed by atoms with van der Waals surface area (Å²) in [5.74, 6) is 0.308. The van der Waals surface area contributed by atoms with Crippen molar-refractivity contribution in [2.75, 3.05) is 25.1 Å². The predicted molar refractivity (Wildman–Crippen MR) is 108 cm³/mol. The standard InChI is InChI=1S/C23H25FN2O3/c1-16(2)15-29-21-8-7-20(13-17(21)14-25)26-22(27)23(9-11-28-12-10-23)18-3-5-19(24)6-4-18/h3-8,13,16H,9-12,15H2,1-2H3,(H,26,27). The first kappa shape index (κ1) is 20.8. The third-order valence-electron chi connectivity index (χ3n) is 5.11. The second-order valence-electron chi connectivity index (χ2n) is 7.68. The normalized spacial score (nSPS) is 15.6. The maximum absolute atomic E-state index is 13.4. The van der Waals surface area contributed by atoms with Gasteiger partial charge in [0.2, 0.25) is 5.91 Å². The molecule has 1 N–H and O–H groups in total. The van der Waals surface area contributed by atoms with Crippen LogP contribution in [0.2, 0.25) is 0 Å². The van der Waals surface area contributed by atoms with Gasteiger partial charge in [0.15, 0.2) is 0 Å². The topological polar surface area (TPSA) is 71.3 Å². The molecule has 152 valence electrons. The van der Waals surface area contributed by atoms with E-state index in [1.165, 1.54) is 12.1 Å². The second kappa shape index (κ2) is 9.06. The molecule has 0 spiro atoms. The van der Waals surface area contributed by atoms with Gasteiger partial charge < -0.3 is 14.8 Å². The molecule has 3 rings (SSSR count). The van der Waals surface area contributed by atoms with Crippen molar-refractivity contribution in [3.8, 4) is 11.8 Å². The van der Waals surface area contributed by atoms with Crippen LogP contribution in [0.4, 0.5) is 10.1 Å². The molecule has 1 saturated heterocycles. The lowest BCUT2D eigenvalue weighted by Crippen LogP contribution is -2.44. The fourth-order valence-electron chi connectivity index (χ4n) is 3.46. The maximum Gasteiger partial charge on any atom is 0.235 e. The molecule has 1 amide bonds. The Morgan fingerprint density at radius 3 is 2.55 bits per heavy atom. The van der Waals surface area contributed by atoms with Crippen LogP contribution in [0.5, 0.6) is 5.75 Å². The summed E-state index contributed by atoms with van der Waals surface area (Å²) in [7, 11) is 0.